The topological polar surface area (TPSA) is 97.8 Å². The second kappa shape index (κ2) is 11.8. The lowest BCUT2D eigenvalue weighted by Gasteiger charge is -2.25. The number of fused-ring (bicyclic) bond motifs is 1. The van der Waals surface area contributed by atoms with Gasteiger partial charge in [-0.25, -0.2) is 9.98 Å². The van der Waals surface area contributed by atoms with Crippen molar-refractivity contribution in [3.05, 3.63) is 79.2 Å². The van der Waals surface area contributed by atoms with Crippen LogP contribution >= 0.6 is 0 Å². The number of nitrogens with one attached hydrogen (secondary N) is 3. The van der Waals surface area contributed by atoms with Gasteiger partial charge in [-0.05, 0) is 43.2 Å². The van der Waals surface area contributed by atoms with Crippen LogP contribution in [-0.4, -0.2) is 54.2 Å². The van der Waals surface area contributed by atoms with Crippen LogP contribution in [0.4, 0.5) is 11.5 Å². The third kappa shape index (κ3) is 6.44. The van der Waals surface area contributed by atoms with Crippen LogP contribution in [0, 0.1) is 0 Å². The molecular formula is C27H33N7O. The molecule has 8 nitrogen and oxygen atoms in total. The molecule has 3 aromatic rings. The van der Waals surface area contributed by atoms with Crippen LogP contribution in [0.5, 0.6) is 0 Å². The maximum atomic E-state index is 11.5. The molecule has 8 heteroatoms. The van der Waals surface area contributed by atoms with E-state index in [0.717, 1.165) is 40.0 Å². The maximum absolute atomic E-state index is 11.5. The summed E-state index contributed by atoms with van der Waals surface area (Å²) in [4.78, 5) is 30.5. The molecule has 1 amide bonds. The Kier molecular flexibility index (Phi) is 8.56. The van der Waals surface area contributed by atoms with Crippen molar-refractivity contribution in [3.63, 3.8) is 0 Å². The number of allylic oxidation sites excluding steroid dienone is 1. The van der Waals surface area contributed by atoms with Crippen molar-refractivity contribution in [2.75, 3.05) is 30.9 Å². The van der Waals surface area contributed by atoms with E-state index in [9.17, 15) is 4.79 Å². The first-order valence-corrected chi connectivity index (χ1v) is 11.5. The molecule has 0 unspecified atom stereocenters. The number of para-hydroxylation sites is 1. The lowest BCUT2D eigenvalue weighted by molar-refractivity contribution is -0.111. The molecule has 1 atom stereocenters. The highest BCUT2D eigenvalue weighted by molar-refractivity contribution is 6.21. The van der Waals surface area contributed by atoms with Crippen molar-refractivity contribution in [1.82, 2.24) is 15.3 Å². The fourth-order valence-corrected chi connectivity index (χ4v) is 3.67. The summed E-state index contributed by atoms with van der Waals surface area (Å²) in [5.41, 5.74) is 4.31. The molecule has 0 saturated carbocycles. The summed E-state index contributed by atoms with van der Waals surface area (Å²) in [6, 6.07) is 11.9. The summed E-state index contributed by atoms with van der Waals surface area (Å²) in [5.74, 6) is 1.07. The minimum absolute atomic E-state index is 0.0822. The van der Waals surface area contributed by atoms with Gasteiger partial charge in [0.1, 0.15) is 5.82 Å². The molecule has 0 bridgehead atoms. The van der Waals surface area contributed by atoms with E-state index in [2.05, 4.69) is 56.6 Å². The van der Waals surface area contributed by atoms with Crippen molar-refractivity contribution in [3.8, 4) is 0 Å². The van der Waals surface area contributed by atoms with Gasteiger partial charge in [-0.1, -0.05) is 38.3 Å². The first-order chi connectivity index (χ1) is 16.9. The Morgan fingerprint density at radius 1 is 1.29 bits per heavy atom. The standard InChI is InChI=1S/C27H33N7O/c1-7-19(17-34(6)24-14-13-20(15-30-24)31-25(35)8-2)32-27(28-5)33-26(18(3)4)22-16-29-23-12-10-9-11-21(22)23/h8-16,19,29H,2-3,7,17H2,1,4-6H3,(H,28,32)(H,31,35)/b33-26+/t19-/m1/s1. The SMILES string of the molecule is C=CC(=O)Nc1ccc(N(C)C[C@@H](CC)NC(=N/C)/N=C(\C(=C)C)c2c[nH]c3ccccc23)nc1. The zero-order valence-corrected chi connectivity index (χ0v) is 20.8. The number of carbonyl (C=O) groups excluding carboxylic acids is 1. The van der Waals surface area contributed by atoms with E-state index in [4.69, 9.17) is 4.99 Å². The number of benzene rings is 1. The average molecular weight is 472 g/mol. The number of H-pyrrole nitrogens is 1. The van der Waals surface area contributed by atoms with Gasteiger partial charge in [0.15, 0.2) is 0 Å². The lowest BCUT2D eigenvalue weighted by Crippen LogP contribution is -2.42. The van der Waals surface area contributed by atoms with Crippen LogP contribution in [0.3, 0.4) is 0 Å². The summed E-state index contributed by atoms with van der Waals surface area (Å²) < 4.78 is 0. The van der Waals surface area contributed by atoms with Crippen LogP contribution in [0.2, 0.25) is 0 Å². The third-order valence-electron chi connectivity index (χ3n) is 5.59. The van der Waals surface area contributed by atoms with Gasteiger partial charge in [0.25, 0.3) is 0 Å². The molecule has 0 aliphatic carbocycles. The first kappa shape index (κ1) is 25.4. The number of aliphatic imine (C=N–C) groups is 2. The normalized spacial score (nSPS) is 12.8. The zero-order chi connectivity index (χ0) is 25.4. The van der Waals surface area contributed by atoms with Crippen LogP contribution in [0.15, 0.2) is 83.6 Å². The summed E-state index contributed by atoms with van der Waals surface area (Å²) in [7, 11) is 3.71. The number of amides is 1. The van der Waals surface area contributed by atoms with Gasteiger partial charge in [0.2, 0.25) is 11.9 Å². The monoisotopic (exact) mass is 471 g/mol. The lowest BCUT2D eigenvalue weighted by atomic mass is 10.0. The van der Waals surface area contributed by atoms with E-state index in [0.29, 0.717) is 18.2 Å². The van der Waals surface area contributed by atoms with Gasteiger partial charge >= 0.3 is 0 Å². The summed E-state index contributed by atoms with van der Waals surface area (Å²) in [6.45, 7) is 12.4. The molecule has 3 rings (SSSR count). The molecule has 182 valence electrons. The van der Waals surface area contributed by atoms with Gasteiger partial charge in [0.05, 0.1) is 17.6 Å². The van der Waals surface area contributed by atoms with Crippen LogP contribution in [-0.2, 0) is 4.79 Å². The smallest absolute Gasteiger partial charge is 0.247 e. The quantitative estimate of drug-likeness (QED) is 0.242. The van der Waals surface area contributed by atoms with Gasteiger partial charge in [-0.2, -0.15) is 0 Å². The highest BCUT2D eigenvalue weighted by Gasteiger charge is 2.16. The molecule has 2 heterocycles. The molecule has 0 radical (unpaired) electrons. The van der Waals surface area contributed by atoms with Gasteiger partial charge < -0.3 is 20.5 Å². The fourth-order valence-electron chi connectivity index (χ4n) is 3.67. The molecule has 35 heavy (non-hydrogen) atoms. The molecule has 1 aromatic carbocycles. The van der Waals surface area contributed by atoms with Crippen molar-refractivity contribution in [1.29, 1.82) is 0 Å². The number of aromatic amines is 1. The van der Waals surface area contributed by atoms with Crippen molar-refractivity contribution in [2.24, 2.45) is 9.98 Å². The van der Waals surface area contributed by atoms with Crippen LogP contribution < -0.4 is 15.5 Å². The Labute approximate surface area is 206 Å². The maximum Gasteiger partial charge on any atom is 0.247 e. The molecular weight excluding hydrogens is 438 g/mol. The highest BCUT2D eigenvalue weighted by Crippen LogP contribution is 2.21. The van der Waals surface area contributed by atoms with Gasteiger partial charge in [-0.15, -0.1) is 0 Å². The number of rotatable bonds is 9. The number of pyridine rings is 1. The Hall–Kier alpha value is -4.20. The van der Waals surface area contributed by atoms with Crippen molar-refractivity contribution in [2.45, 2.75) is 26.3 Å². The van der Waals surface area contributed by atoms with E-state index in [1.807, 2.05) is 50.5 Å². The molecule has 2 aromatic heterocycles. The van der Waals surface area contributed by atoms with Crippen molar-refractivity contribution >= 4 is 40.0 Å². The fraction of sp³-hybridized carbons (Fsp3) is 0.259. The molecule has 3 N–H and O–H groups in total. The number of nitrogens with zero attached hydrogens (tertiary/aromatic N) is 4. The van der Waals surface area contributed by atoms with E-state index in [1.165, 1.54) is 6.08 Å². The van der Waals surface area contributed by atoms with E-state index in [-0.39, 0.29) is 11.9 Å². The minimum atomic E-state index is -0.267. The van der Waals surface area contributed by atoms with E-state index in [1.54, 1.807) is 13.2 Å². The largest absolute Gasteiger partial charge is 0.360 e. The molecule has 0 aliphatic rings. The number of guanidine groups is 1. The Morgan fingerprint density at radius 3 is 2.69 bits per heavy atom. The number of aromatic nitrogens is 2. The molecule has 0 aliphatic heterocycles. The third-order valence-corrected chi connectivity index (χ3v) is 5.59. The number of carbonyl (C=O) groups is 1. The number of hydrogen-bond acceptors (Lipinski definition) is 4. The second-order valence-electron chi connectivity index (χ2n) is 8.26. The first-order valence-electron chi connectivity index (χ1n) is 11.5. The minimum Gasteiger partial charge on any atom is -0.360 e. The summed E-state index contributed by atoms with van der Waals surface area (Å²) in [5, 5.41) is 7.26. The van der Waals surface area contributed by atoms with Crippen molar-refractivity contribution < 1.29 is 4.79 Å². The predicted molar refractivity (Wildman–Crippen MR) is 147 cm³/mol. The predicted octanol–water partition coefficient (Wildman–Crippen LogP) is 4.54. The Bertz CT molecular complexity index is 1250. The highest BCUT2D eigenvalue weighted by atomic mass is 16.1. The second-order valence-corrected chi connectivity index (χ2v) is 8.26. The van der Waals surface area contributed by atoms with E-state index >= 15 is 0 Å². The Morgan fingerprint density at radius 2 is 2.06 bits per heavy atom. The van der Waals surface area contributed by atoms with Crippen LogP contribution in [0.1, 0.15) is 25.8 Å². The number of hydrogen-bond donors (Lipinski definition) is 3. The Balaban J connectivity index is 1.74. The van der Waals surface area contributed by atoms with Crippen LogP contribution in [0.25, 0.3) is 10.9 Å². The molecule has 0 fully saturated rings. The molecule has 0 saturated heterocycles. The van der Waals surface area contributed by atoms with Gasteiger partial charge in [-0.3, -0.25) is 9.79 Å². The summed E-state index contributed by atoms with van der Waals surface area (Å²) >= 11 is 0. The zero-order valence-electron chi connectivity index (χ0n) is 20.8. The number of likely N-dealkylation sites (N-methyl/N-ethyl adjacent to an activating group) is 1. The summed E-state index contributed by atoms with van der Waals surface area (Å²) in [6.07, 6.45) is 5.68. The number of anilines is 2. The van der Waals surface area contributed by atoms with E-state index < -0.39 is 0 Å². The van der Waals surface area contributed by atoms with Gasteiger partial charge in [0, 0.05) is 49.3 Å². The molecule has 0 spiro atoms. The average Bonchev–Trinajstić information content (AvgIpc) is 3.29.